The van der Waals surface area contributed by atoms with Crippen molar-refractivity contribution in [2.45, 2.75) is 32.4 Å². The normalized spacial score (nSPS) is 15.0. The number of alkyl halides is 3. The van der Waals surface area contributed by atoms with Gasteiger partial charge < -0.3 is 9.80 Å². The Morgan fingerprint density at radius 2 is 1.81 bits per heavy atom. The van der Waals surface area contributed by atoms with Gasteiger partial charge in [0.05, 0.1) is 17.5 Å². The van der Waals surface area contributed by atoms with E-state index in [0.29, 0.717) is 26.2 Å². The highest BCUT2D eigenvalue weighted by Gasteiger charge is 2.38. The number of piperazine rings is 1. The van der Waals surface area contributed by atoms with Crippen molar-refractivity contribution in [1.29, 1.82) is 0 Å². The second-order valence-corrected chi connectivity index (χ2v) is 7.66. The molecule has 0 unspecified atom stereocenters. The first-order chi connectivity index (χ1) is 14.9. The number of carbonyl (C=O) groups is 1. The van der Waals surface area contributed by atoms with E-state index >= 15 is 0 Å². The molecule has 1 aromatic carbocycles. The van der Waals surface area contributed by atoms with Crippen LogP contribution in [0, 0.1) is 0 Å². The number of hydrogen-bond acceptors (Lipinski definition) is 5. The van der Waals surface area contributed by atoms with Crippen LogP contribution in [-0.4, -0.2) is 47.1 Å². The van der Waals surface area contributed by atoms with Crippen LogP contribution >= 0.6 is 0 Å². The van der Waals surface area contributed by atoms with Gasteiger partial charge in [-0.05, 0) is 31.0 Å². The van der Waals surface area contributed by atoms with Crippen LogP contribution in [0.2, 0.25) is 0 Å². The number of anilines is 2. The van der Waals surface area contributed by atoms with Crippen molar-refractivity contribution in [3.63, 3.8) is 0 Å². The average molecular weight is 431 g/mol. The summed E-state index contributed by atoms with van der Waals surface area (Å²) in [5, 5.41) is 4.64. The predicted molar refractivity (Wildman–Crippen MR) is 113 cm³/mol. The minimum atomic E-state index is -4.59. The number of aromatic nitrogens is 3. The lowest BCUT2D eigenvalue weighted by atomic mass is 10.0. The van der Waals surface area contributed by atoms with Crippen molar-refractivity contribution < 1.29 is 18.0 Å². The Kier molecular flexibility index (Phi) is 5.84. The van der Waals surface area contributed by atoms with Crippen molar-refractivity contribution in [2.24, 2.45) is 0 Å². The van der Waals surface area contributed by atoms with E-state index in [1.807, 2.05) is 18.3 Å². The van der Waals surface area contributed by atoms with E-state index in [-0.39, 0.29) is 17.5 Å². The molecular formula is C22H24F3N5O. The Morgan fingerprint density at radius 3 is 2.48 bits per heavy atom. The second-order valence-electron chi connectivity index (χ2n) is 7.66. The molecule has 1 aliphatic heterocycles. The smallest absolute Gasteiger partial charge is 0.367 e. The zero-order valence-corrected chi connectivity index (χ0v) is 17.3. The van der Waals surface area contributed by atoms with Gasteiger partial charge in [0.1, 0.15) is 5.82 Å². The summed E-state index contributed by atoms with van der Waals surface area (Å²) < 4.78 is 42.6. The van der Waals surface area contributed by atoms with Crippen LogP contribution < -0.4 is 9.80 Å². The third-order valence-electron chi connectivity index (χ3n) is 5.57. The monoisotopic (exact) mass is 431 g/mol. The fourth-order valence-electron chi connectivity index (χ4n) is 3.97. The van der Waals surface area contributed by atoms with E-state index in [4.69, 9.17) is 0 Å². The van der Waals surface area contributed by atoms with Gasteiger partial charge in [0, 0.05) is 37.4 Å². The minimum absolute atomic E-state index is 0.0512. The quantitative estimate of drug-likeness (QED) is 0.547. The van der Waals surface area contributed by atoms with Crippen LogP contribution in [0.25, 0.3) is 5.65 Å². The van der Waals surface area contributed by atoms with Crippen LogP contribution in [0.15, 0.2) is 36.5 Å². The number of carbonyl (C=O) groups excluding carboxylic acids is 1. The van der Waals surface area contributed by atoms with Crippen LogP contribution in [-0.2, 0) is 12.6 Å². The molecule has 1 aliphatic rings. The summed E-state index contributed by atoms with van der Waals surface area (Å²) in [6.07, 6.45) is 0.697. The Balaban J connectivity index is 1.51. The number of aryl methyl sites for hydroxylation is 1. The summed E-state index contributed by atoms with van der Waals surface area (Å²) in [6, 6.07) is 7.94. The molecule has 1 saturated heterocycles. The van der Waals surface area contributed by atoms with Crippen molar-refractivity contribution in [3.05, 3.63) is 53.3 Å². The molecule has 1 fully saturated rings. The molecule has 9 heteroatoms. The van der Waals surface area contributed by atoms with Gasteiger partial charge in [0.15, 0.2) is 11.9 Å². The maximum atomic E-state index is 13.6. The number of aldehydes is 1. The van der Waals surface area contributed by atoms with Gasteiger partial charge in [-0.1, -0.05) is 25.5 Å². The van der Waals surface area contributed by atoms with Gasteiger partial charge in [-0.2, -0.15) is 13.2 Å². The summed E-state index contributed by atoms with van der Waals surface area (Å²) in [6.45, 7) is 3.99. The highest BCUT2D eigenvalue weighted by molar-refractivity contribution is 5.81. The number of halogens is 3. The molecule has 0 atom stereocenters. The molecule has 0 amide bonds. The van der Waals surface area contributed by atoms with Crippen LogP contribution in [0.5, 0.6) is 0 Å². The molecule has 0 saturated carbocycles. The molecule has 2 aromatic heterocycles. The van der Waals surface area contributed by atoms with E-state index in [9.17, 15) is 18.0 Å². The molecule has 164 valence electrons. The maximum Gasteiger partial charge on any atom is 0.419 e. The molecule has 0 N–H and O–H groups in total. The van der Waals surface area contributed by atoms with Crippen molar-refractivity contribution in [1.82, 2.24) is 14.6 Å². The number of unbranched alkanes of at least 4 members (excludes halogenated alkanes) is 1. The molecule has 3 aromatic rings. The average Bonchev–Trinajstić information content (AvgIpc) is 3.18. The Bertz CT molecular complexity index is 1070. The first kappa shape index (κ1) is 21.1. The second kappa shape index (κ2) is 8.56. The molecule has 0 radical (unpaired) electrons. The topological polar surface area (TPSA) is 53.7 Å². The third-order valence-corrected chi connectivity index (χ3v) is 5.57. The summed E-state index contributed by atoms with van der Waals surface area (Å²) in [5.74, 6) is 0.768. The lowest BCUT2D eigenvalue weighted by Crippen LogP contribution is -2.47. The zero-order chi connectivity index (χ0) is 22.0. The van der Waals surface area contributed by atoms with E-state index < -0.39 is 11.7 Å². The molecule has 31 heavy (non-hydrogen) atoms. The summed E-state index contributed by atoms with van der Waals surface area (Å²) in [4.78, 5) is 19.5. The molecule has 0 aliphatic carbocycles. The highest BCUT2D eigenvalue weighted by atomic mass is 19.4. The highest BCUT2D eigenvalue weighted by Crippen LogP contribution is 2.39. The lowest BCUT2D eigenvalue weighted by molar-refractivity contribution is -0.137. The standard InChI is InChI=1S/C22H24F3N5O/c1-2-3-6-17-14-30-19(26-17)8-9-20(27-30)29-12-10-28(11-13-29)18-7-4-5-16(15-31)21(18)22(23,24)25/h4-5,7-9,14-15H,2-3,6,10-13H2,1H3. The van der Waals surface area contributed by atoms with E-state index in [1.54, 1.807) is 9.42 Å². The van der Waals surface area contributed by atoms with Gasteiger partial charge in [0.25, 0.3) is 0 Å². The molecule has 0 spiro atoms. The van der Waals surface area contributed by atoms with Crippen molar-refractivity contribution in [3.8, 4) is 0 Å². The summed E-state index contributed by atoms with van der Waals surface area (Å²) >= 11 is 0. The van der Waals surface area contributed by atoms with Crippen molar-refractivity contribution in [2.75, 3.05) is 36.0 Å². The van der Waals surface area contributed by atoms with Gasteiger partial charge in [-0.25, -0.2) is 9.50 Å². The summed E-state index contributed by atoms with van der Waals surface area (Å²) in [5.41, 5.74) is 0.643. The fourth-order valence-corrected chi connectivity index (χ4v) is 3.97. The minimum Gasteiger partial charge on any atom is -0.367 e. The molecule has 3 heterocycles. The van der Waals surface area contributed by atoms with Crippen LogP contribution in [0.3, 0.4) is 0 Å². The SMILES string of the molecule is CCCCc1cn2nc(N3CCN(c4cccc(C=O)c4C(F)(F)F)CC3)ccc2n1. The summed E-state index contributed by atoms with van der Waals surface area (Å²) in [7, 11) is 0. The number of hydrogen-bond donors (Lipinski definition) is 0. The number of benzene rings is 1. The molecule has 6 nitrogen and oxygen atoms in total. The third kappa shape index (κ3) is 4.35. The van der Waals surface area contributed by atoms with Crippen LogP contribution in [0.4, 0.5) is 24.7 Å². The van der Waals surface area contributed by atoms with Gasteiger partial charge >= 0.3 is 6.18 Å². The molecule has 4 rings (SSSR count). The maximum absolute atomic E-state index is 13.6. The van der Waals surface area contributed by atoms with E-state index in [0.717, 1.165) is 36.4 Å². The van der Waals surface area contributed by atoms with Gasteiger partial charge in [0.2, 0.25) is 0 Å². The van der Waals surface area contributed by atoms with Gasteiger partial charge in [-0.3, -0.25) is 4.79 Å². The molecule has 0 bridgehead atoms. The zero-order valence-electron chi connectivity index (χ0n) is 17.3. The van der Waals surface area contributed by atoms with Crippen molar-refractivity contribution >= 4 is 23.4 Å². The Labute approximate surface area is 178 Å². The first-order valence-electron chi connectivity index (χ1n) is 10.4. The molecular weight excluding hydrogens is 407 g/mol. The van der Waals surface area contributed by atoms with E-state index in [2.05, 4.69) is 21.9 Å². The van der Waals surface area contributed by atoms with Gasteiger partial charge in [-0.15, -0.1) is 5.10 Å². The first-order valence-corrected chi connectivity index (χ1v) is 10.4. The van der Waals surface area contributed by atoms with E-state index in [1.165, 1.54) is 18.2 Å². The largest absolute Gasteiger partial charge is 0.419 e. The predicted octanol–water partition coefficient (Wildman–Crippen LogP) is 4.23. The fraction of sp³-hybridized carbons (Fsp3) is 0.409. The lowest BCUT2D eigenvalue weighted by Gasteiger charge is -2.37. The Morgan fingerprint density at radius 1 is 1.06 bits per heavy atom. The Hall–Kier alpha value is -3.10. The van der Waals surface area contributed by atoms with Crippen LogP contribution in [0.1, 0.15) is 41.4 Å². The number of rotatable bonds is 6. The number of imidazole rings is 1. The number of fused-ring (bicyclic) bond motifs is 1. The number of nitrogens with zero attached hydrogens (tertiary/aromatic N) is 5.